The summed E-state index contributed by atoms with van der Waals surface area (Å²) >= 11 is 11.5. The Labute approximate surface area is 448 Å². The predicted octanol–water partition coefficient (Wildman–Crippen LogP) is 3.02. The maximum Gasteiger partial charge on any atom is 0.321 e. The number of aliphatic carboxylic acids is 3. The van der Waals surface area contributed by atoms with Gasteiger partial charge in [0.15, 0.2) is 0 Å². The van der Waals surface area contributed by atoms with Crippen LogP contribution < -0.4 is 15.3 Å². The molecular weight excluding hydrogens is 1520 g/mol. The van der Waals surface area contributed by atoms with Crippen molar-refractivity contribution in [2.45, 2.75) is 151 Å². The maximum absolute atomic E-state index is 12.0. The Morgan fingerprint density at radius 2 is 0.683 bits per heavy atom. The second-order valence-electron chi connectivity index (χ2n) is 16.0. The highest BCUT2D eigenvalue weighted by Crippen LogP contribution is 2.33. The lowest BCUT2D eigenvalue weighted by molar-refractivity contribution is -0.315. The van der Waals surface area contributed by atoms with Crippen LogP contribution in [0.15, 0.2) is 0 Å². The lowest BCUT2D eigenvalue weighted by atomic mass is 9.85. The van der Waals surface area contributed by atoms with Gasteiger partial charge in [0.25, 0.3) is 0 Å². The van der Waals surface area contributed by atoms with E-state index < -0.39 is 115 Å². The SMILES string of the molecule is CC(C)(I)C(=O)OC1CC(OC(=O)C(C)(C)I)CC(C(=O)[O-])C1.CC(I)C(=O)OC1CC(OC(=O)C(C)I)CC(C(=O)[O-])C1.O=C(CI)OC1CC(OC(=O)CI)CC(C(=O)[O-])C1. The molecule has 0 aliphatic heterocycles. The number of carbonyl (C=O) groups is 9. The molecule has 3 rings (SSSR count). The molecule has 0 saturated heterocycles. The van der Waals surface area contributed by atoms with E-state index in [9.17, 15) is 58.5 Å². The van der Waals surface area contributed by atoms with Crippen LogP contribution in [-0.4, -0.2) is 114 Å². The van der Waals surface area contributed by atoms with Crippen molar-refractivity contribution in [3.63, 3.8) is 0 Å². The van der Waals surface area contributed by atoms with Gasteiger partial charge in [0.1, 0.15) is 51.3 Å². The molecule has 0 radical (unpaired) electrons. The zero-order valence-corrected chi connectivity index (χ0v) is 48.2. The zero-order valence-electron chi connectivity index (χ0n) is 35.2. The lowest BCUT2D eigenvalue weighted by Gasteiger charge is -2.36. The Balaban J connectivity index is 0.000000475. The van der Waals surface area contributed by atoms with E-state index >= 15 is 0 Å². The third kappa shape index (κ3) is 23.9. The minimum absolute atomic E-state index is 0.183. The van der Waals surface area contributed by atoms with Gasteiger partial charge >= 0.3 is 35.8 Å². The molecule has 8 unspecified atom stereocenters. The van der Waals surface area contributed by atoms with E-state index in [2.05, 4.69) is 0 Å². The number of rotatable bonds is 15. The highest BCUT2D eigenvalue weighted by molar-refractivity contribution is 14.1. The molecule has 63 heavy (non-hydrogen) atoms. The van der Waals surface area contributed by atoms with Crippen LogP contribution in [0.2, 0.25) is 0 Å². The van der Waals surface area contributed by atoms with Gasteiger partial charge in [0.05, 0.1) is 8.86 Å². The van der Waals surface area contributed by atoms with Gasteiger partial charge in [0, 0.05) is 54.9 Å². The topological polar surface area (TPSA) is 278 Å². The highest BCUT2D eigenvalue weighted by atomic mass is 127. The molecule has 8 atom stereocenters. The molecule has 24 heteroatoms. The number of carboxylic acid groups (broad SMARTS) is 3. The number of alkyl halides is 6. The minimum atomic E-state index is -1.21. The molecule has 0 aromatic heterocycles. The van der Waals surface area contributed by atoms with Crippen molar-refractivity contribution < 1.29 is 86.9 Å². The van der Waals surface area contributed by atoms with Crippen LogP contribution in [0.4, 0.5) is 0 Å². The molecule has 3 saturated carbocycles. The average molecular weight is 1570 g/mol. The minimum Gasteiger partial charge on any atom is -0.550 e. The van der Waals surface area contributed by atoms with Crippen molar-refractivity contribution in [2.24, 2.45) is 17.8 Å². The van der Waals surface area contributed by atoms with Gasteiger partial charge in [-0.1, -0.05) is 136 Å². The first-order valence-corrected chi connectivity index (χ1v) is 27.3. The summed E-state index contributed by atoms with van der Waals surface area (Å²) in [6.07, 6.45) is -1.22. The molecule has 18 nitrogen and oxygen atoms in total. The van der Waals surface area contributed by atoms with E-state index in [-0.39, 0.29) is 55.2 Å². The van der Waals surface area contributed by atoms with Crippen LogP contribution in [0.25, 0.3) is 0 Å². The number of hydrogen-bond acceptors (Lipinski definition) is 18. The van der Waals surface area contributed by atoms with Gasteiger partial charge in [0.2, 0.25) is 0 Å². The summed E-state index contributed by atoms with van der Waals surface area (Å²) < 4.78 is 30.0. The van der Waals surface area contributed by atoms with Crippen LogP contribution in [0.1, 0.15) is 99.3 Å². The van der Waals surface area contributed by atoms with Crippen LogP contribution in [0.5, 0.6) is 0 Å². The second kappa shape index (κ2) is 28.8. The van der Waals surface area contributed by atoms with Gasteiger partial charge in [-0.3, -0.25) is 28.8 Å². The van der Waals surface area contributed by atoms with Crippen molar-refractivity contribution in [1.29, 1.82) is 0 Å². The molecule has 360 valence electrons. The summed E-state index contributed by atoms with van der Waals surface area (Å²) in [5.74, 6) is -8.37. The molecule has 0 spiro atoms. The summed E-state index contributed by atoms with van der Waals surface area (Å²) in [6.45, 7) is 10.2. The van der Waals surface area contributed by atoms with E-state index in [0.717, 1.165) is 0 Å². The predicted molar refractivity (Wildman–Crippen MR) is 267 cm³/mol. The van der Waals surface area contributed by atoms with Crippen molar-refractivity contribution in [1.82, 2.24) is 0 Å². The third-order valence-corrected chi connectivity index (χ3v) is 12.6. The van der Waals surface area contributed by atoms with Crippen molar-refractivity contribution in [3.05, 3.63) is 0 Å². The fourth-order valence-corrected chi connectivity index (χ4v) is 7.25. The Kier molecular flexibility index (Phi) is 27.7. The second-order valence-corrected chi connectivity index (χ2v) is 26.7. The fourth-order valence-electron chi connectivity index (χ4n) is 6.34. The van der Waals surface area contributed by atoms with E-state index in [1.807, 2.05) is 136 Å². The van der Waals surface area contributed by atoms with Gasteiger partial charge in [-0.05, 0) is 80.1 Å². The Hall–Kier alpha value is -0.390. The van der Waals surface area contributed by atoms with Crippen molar-refractivity contribution >= 4 is 189 Å². The van der Waals surface area contributed by atoms with Crippen LogP contribution in [0, 0.1) is 17.8 Å². The molecular formula is C39H51I6O18-3. The van der Waals surface area contributed by atoms with Gasteiger partial charge in [-0.15, -0.1) is 0 Å². The Morgan fingerprint density at radius 3 is 0.873 bits per heavy atom. The molecule has 3 fully saturated rings. The Morgan fingerprint density at radius 1 is 0.460 bits per heavy atom. The standard InChI is InChI=1S/C15H22I2O6.C13H18I2O6.C11H14I2O6/c1-14(2,16)12(20)22-9-5-8(11(18)19)6-10(7-9)23-13(21)15(3,4)17;1-6(14)12(18)20-9-3-8(11(16)17)4-10(5-9)21-13(19)7(2)15;12-4-9(14)18-7-1-6(11(16)17)2-8(3-7)19-10(15)5-13/h8-10H,5-7H2,1-4H3,(H,18,19);6-10H,3-5H2,1-2H3,(H,16,17);6-8H,1-5H2,(H,16,17)/p-3. The summed E-state index contributed by atoms with van der Waals surface area (Å²) in [5, 5.41) is 33.3. The van der Waals surface area contributed by atoms with E-state index in [4.69, 9.17) is 28.4 Å². The van der Waals surface area contributed by atoms with Crippen LogP contribution >= 0.6 is 136 Å². The van der Waals surface area contributed by atoms with Gasteiger partial charge < -0.3 is 58.1 Å². The quantitative estimate of drug-likeness (QED) is 0.0986. The first kappa shape index (κ1) is 60.6. The number of ether oxygens (including phenoxy) is 6. The molecule has 3 aliphatic rings. The summed E-state index contributed by atoms with van der Waals surface area (Å²) in [7, 11) is 0. The third-order valence-electron chi connectivity index (χ3n) is 9.41. The largest absolute Gasteiger partial charge is 0.550 e. The number of carboxylic acids is 3. The van der Waals surface area contributed by atoms with Crippen molar-refractivity contribution in [2.75, 3.05) is 8.86 Å². The van der Waals surface area contributed by atoms with Gasteiger partial charge in [-0.2, -0.15) is 0 Å². The average Bonchev–Trinajstić information content (AvgIpc) is 3.17. The molecule has 0 aromatic rings. The first-order chi connectivity index (χ1) is 29.0. The van der Waals surface area contributed by atoms with E-state index in [1.54, 1.807) is 41.5 Å². The van der Waals surface area contributed by atoms with Crippen molar-refractivity contribution in [3.8, 4) is 0 Å². The van der Waals surface area contributed by atoms with E-state index in [0.29, 0.717) is 19.3 Å². The monoisotopic (exact) mass is 1570 g/mol. The van der Waals surface area contributed by atoms with Crippen LogP contribution in [-0.2, 0) is 71.6 Å². The Bertz CT molecular complexity index is 1520. The number of carbonyl (C=O) groups excluding carboxylic acids is 9. The molecule has 0 bridgehead atoms. The number of halogens is 6. The van der Waals surface area contributed by atoms with Gasteiger partial charge in [-0.25, -0.2) is 0 Å². The first-order valence-electron chi connectivity index (χ1n) is 19.6. The fraction of sp³-hybridized carbons (Fsp3) is 0.769. The normalized spacial score (nSPS) is 26.8. The number of esters is 6. The highest BCUT2D eigenvalue weighted by Gasteiger charge is 2.39. The summed E-state index contributed by atoms with van der Waals surface area (Å²) in [4.78, 5) is 103. The smallest absolute Gasteiger partial charge is 0.321 e. The molecule has 3 aliphatic carbocycles. The molecule has 0 aromatic carbocycles. The maximum atomic E-state index is 12.0. The molecule has 0 amide bonds. The summed E-state index contributed by atoms with van der Waals surface area (Å²) in [5.41, 5.74) is 0. The van der Waals surface area contributed by atoms with Crippen LogP contribution in [0.3, 0.4) is 0 Å². The molecule has 0 N–H and O–H groups in total. The zero-order chi connectivity index (χ0) is 48.6. The number of hydrogen-bond donors (Lipinski definition) is 0. The lowest BCUT2D eigenvalue weighted by Crippen LogP contribution is -2.45. The van der Waals surface area contributed by atoms with E-state index in [1.165, 1.54) is 0 Å². The summed E-state index contributed by atoms with van der Waals surface area (Å²) in [6, 6.07) is 0. The molecule has 0 heterocycles.